The Hall–Kier alpha value is -2.54. The molecule has 0 aliphatic heterocycles. The summed E-state index contributed by atoms with van der Waals surface area (Å²) in [5, 5.41) is 4.01. The maximum absolute atomic E-state index is 12.0. The van der Waals surface area contributed by atoms with Crippen molar-refractivity contribution in [1.29, 1.82) is 0 Å². The molecule has 0 saturated heterocycles. The number of ether oxygens (including phenoxy) is 3. The number of nitrogens with one attached hydrogen (secondary N) is 1. The van der Waals surface area contributed by atoms with Crippen LogP contribution in [0.25, 0.3) is 0 Å². The summed E-state index contributed by atoms with van der Waals surface area (Å²) in [5.41, 5.74) is 4.57. The minimum Gasteiger partial charge on any atom is -0.493 e. The average molecular weight is 477 g/mol. The second-order valence-electron chi connectivity index (χ2n) is 6.94. The van der Waals surface area contributed by atoms with Crippen molar-refractivity contribution >= 4 is 28.1 Å². The van der Waals surface area contributed by atoms with E-state index in [0.29, 0.717) is 30.9 Å². The Morgan fingerprint density at radius 3 is 2.60 bits per heavy atom. The van der Waals surface area contributed by atoms with Gasteiger partial charge in [-0.2, -0.15) is 5.10 Å². The first-order valence-corrected chi connectivity index (χ1v) is 10.8. The van der Waals surface area contributed by atoms with Gasteiger partial charge < -0.3 is 14.2 Å². The summed E-state index contributed by atoms with van der Waals surface area (Å²) in [4.78, 5) is 12.0. The van der Waals surface area contributed by atoms with Crippen molar-refractivity contribution < 1.29 is 19.0 Å². The standard InChI is InChI=1S/C23H29BrN2O4/c1-5-17-8-10-20(19(24)13-17)29-12-6-7-23(27)26-25-15-18-9-11-21(30-16(2)3)22(14-18)28-4/h8-11,13-16H,5-7,12H2,1-4H3,(H,26,27)/b25-15+. The normalized spacial score (nSPS) is 11.0. The fourth-order valence-corrected chi connectivity index (χ4v) is 3.19. The number of carbonyl (C=O) groups excluding carboxylic acids is 1. The highest BCUT2D eigenvalue weighted by Crippen LogP contribution is 2.28. The fourth-order valence-electron chi connectivity index (χ4n) is 2.65. The van der Waals surface area contributed by atoms with Crippen LogP contribution in [0, 0.1) is 0 Å². The summed E-state index contributed by atoms with van der Waals surface area (Å²) >= 11 is 3.51. The van der Waals surface area contributed by atoms with Crippen LogP contribution in [0.5, 0.6) is 17.2 Å². The number of halogens is 1. The molecule has 0 saturated carbocycles. The first kappa shape index (κ1) is 23.7. The van der Waals surface area contributed by atoms with E-state index in [9.17, 15) is 4.79 Å². The first-order valence-electron chi connectivity index (χ1n) is 10.0. The number of hydrazone groups is 1. The molecule has 0 atom stereocenters. The monoisotopic (exact) mass is 476 g/mol. The van der Waals surface area contributed by atoms with Gasteiger partial charge in [-0.15, -0.1) is 0 Å². The molecule has 1 amide bonds. The second kappa shape index (κ2) is 12.2. The molecule has 0 heterocycles. The van der Waals surface area contributed by atoms with E-state index in [0.717, 1.165) is 22.2 Å². The highest BCUT2D eigenvalue weighted by Gasteiger charge is 2.07. The van der Waals surface area contributed by atoms with E-state index < -0.39 is 0 Å². The molecule has 6 nitrogen and oxygen atoms in total. The molecule has 2 aromatic carbocycles. The van der Waals surface area contributed by atoms with Crippen LogP contribution in [0.15, 0.2) is 46.0 Å². The maximum Gasteiger partial charge on any atom is 0.240 e. The van der Waals surface area contributed by atoms with Crippen LogP contribution in [0.2, 0.25) is 0 Å². The quantitative estimate of drug-likeness (QED) is 0.277. The molecule has 0 bridgehead atoms. The summed E-state index contributed by atoms with van der Waals surface area (Å²) in [6, 6.07) is 11.5. The lowest BCUT2D eigenvalue weighted by Gasteiger charge is -2.13. The smallest absolute Gasteiger partial charge is 0.240 e. The largest absolute Gasteiger partial charge is 0.493 e. The number of hydrogen-bond acceptors (Lipinski definition) is 5. The number of rotatable bonds is 11. The van der Waals surface area contributed by atoms with Gasteiger partial charge in [0.2, 0.25) is 5.91 Å². The van der Waals surface area contributed by atoms with Crippen molar-refractivity contribution in [2.24, 2.45) is 5.10 Å². The molecule has 0 unspecified atom stereocenters. The molecule has 0 radical (unpaired) electrons. The topological polar surface area (TPSA) is 69.2 Å². The van der Waals surface area contributed by atoms with E-state index in [1.807, 2.05) is 50.2 Å². The summed E-state index contributed by atoms with van der Waals surface area (Å²) < 4.78 is 17.7. The lowest BCUT2D eigenvalue weighted by Crippen LogP contribution is -2.18. The van der Waals surface area contributed by atoms with Gasteiger partial charge >= 0.3 is 0 Å². The number of nitrogens with zero attached hydrogens (tertiary/aromatic N) is 1. The Labute approximate surface area is 186 Å². The van der Waals surface area contributed by atoms with Crippen LogP contribution in [0.1, 0.15) is 44.7 Å². The number of methoxy groups -OCH3 is 1. The summed E-state index contributed by atoms with van der Waals surface area (Å²) in [6.45, 7) is 6.47. The Morgan fingerprint density at radius 2 is 1.93 bits per heavy atom. The van der Waals surface area contributed by atoms with Crippen molar-refractivity contribution in [3.8, 4) is 17.2 Å². The third-order valence-electron chi connectivity index (χ3n) is 4.16. The van der Waals surface area contributed by atoms with Crippen LogP contribution in [0.3, 0.4) is 0 Å². The molecule has 162 valence electrons. The molecule has 2 rings (SSSR count). The highest BCUT2D eigenvalue weighted by molar-refractivity contribution is 9.10. The molecule has 7 heteroatoms. The van der Waals surface area contributed by atoms with Gasteiger partial charge in [0.15, 0.2) is 11.5 Å². The van der Waals surface area contributed by atoms with Crippen molar-refractivity contribution in [1.82, 2.24) is 5.43 Å². The maximum atomic E-state index is 12.0. The summed E-state index contributed by atoms with van der Waals surface area (Å²) in [7, 11) is 1.59. The summed E-state index contributed by atoms with van der Waals surface area (Å²) in [5.74, 6) is 1.91. The zero-order chi connectivity index (χ0) is 21.9. The minimum atomic E-state index is -0.165. The minimum absolute atomic E-state index is 0.0542. The molecule has 0 aliphatic carbocycles. The van der Waals surface area contributed by atoms with Crippen molar-refractivity contribution in [2.75, 3.05) is 13.7 Å². The zero-order valence-electron chi connectivity index (χ0n) is 17.9. The summed E-state index contributed by atoms with van der Waals surface area (Å²) in [6.07, 6.45) is 3.52. The zero-order valence-corrected chi connectivity index (χ0v) is 19.5. The van der Waals surface area contributed by atoms with Crippen LogP contribution >= 0.6 is 15.9 Å². The highest BCUT2D eigenvalue weighted by atomic mass is 79.9. The number of carbonyl (C=O) groups is 1. The predicted molar refractivity (Wildman–Crippen MR) is 123 cm³/mol. The van der Waals surface area contributed by atoms with E-state index in [1.54, 1.807) is 13.3 Å². The number of benzene rings is 2. The lowest BCUT2D eigenvalue weighted by molar-refractivity contribution is -0.121. The average Bonchev–Trinajstić information content (AvgIpc) is 2.72. The SMILES string of the molecule is CCc1ccc(OCCCC(=O)N/N=C/c2ccc(OC(C)C)c(OC)c2)c(Br)c1. The van der Waals surface area contributed by atoms with Crippen LogP contribution < -0.4 is 19.6 Å². The molecule has 0 spiro atoms. The molecule has 0 aromatic heterocycles. The fraction of sp³-hybridized carbons (Fsp3) is 0.391. The van der Waals surface area contributed by atoms with Gasteiger partial charge in [0, 0.05) is 6.42 Å². The van der Waals surface area contributed by atoms with Crippen molar-refractivity contribution in [3.05, 3.63) is 52.0 Å². The number of hydrogen-bond donors (Lipinski definition) is 1. The van der Waals surface area contributed by atoms with Gasteiger partial charge in [0.05, 0.1) is 30.5 Å². The van der Waals surface area contributed by atoms with E-state index in [2.05, 4.69) is 33.4 Å². The van der Waals surface area contributed by atoms with Gasteiger partial charge in [-0.1, -0.05) is 13.0 Å². The van der Waals surface area contributed by atoms with E-state index in [1.165, 1.54) is 5.56 Å². The van der Waals surface area contributed by atoms with E-state index in [-0.39, 0.29) is 12.0 Å². The van der Waals surface area contributed by atoms with E-state index >= 15 is 0 Å². The molecular weight excluding hydrogens is 448 g/mol. The molecule has 30 heavy (non-hydrogen) atoms. The van der Waals surface area contributed by atoms with Crippen LogP contribution in [-0.4, -0.2) is 31.9 Å². The number of aryl methyl sites for hydroxylation is 1. The number of amides is 1. The molecule has 1 N–H and O–H groups in total. The Kier molecular flexibility index (Phi) is 9.67. The molecular formula is C23H29BrN2O4. The first-order chi connectivity index (χ1) is 14.4. The Morgan fingerprint density at radius 1 is 1.17 bits per heavy atom. The van der Waals surface area contributed by atoms with Gasteiger partial charge in [0.1, 0.15) is 5.75 Å². The van der Waals surface area contributed by atoms with Crippen LogP contribution in [0.4, 0.5) is 0 Å². The van der Waals surface area contributed by atoms with Gasteiger partial charge in [-0.3, -0.25) is 4.79 Å². The predicted octanol–water partition coefficient (Wildman–Crippen LogP) is 5.12. The van der Waals surface area contributed by atoms with Gasteiger partial charge in [0.25, 0.3) is 0 Å². The van der Waals surface area contributed by atoms with Crippen molar-refractivity contribution in [3.63, 3.8) is 0 Å². The third kappa shape index (κ3) is 7.71. The lowest BCUT2D eigenvalue weighted by atomic mass is 10.2. The molecule has 0 fully saturated rings. The second-order valence-corrected chi connectivity index (χ2v) is 7.79. The molecule has 0 aliphatic rings. The molecule has 2 aromatic rings. The third-order valence-corrected chi connectivity index (χ3v) is 4.78. The van der Waals surface area contributed by atoms with Crippen LogP contribution in [-0.2, 0) is 11.2 Å². The van der Waals surface area contributed by atoms with Crippen molar-refractivity contribution in [2.45, 2.75) is 46.1 Å². The van der Waals surface area contributed by atoms with Gasteiger partial charge in [-0.25, -0.2) is 5.43 Å². The van der Waals surface area contributed by atoms with Gasteiger partial charge in [-0.05, 0) is 84.1 Å². The van der Waals surface area contributed by atoms with E-state index in [4.69, 9.17) is 14.2 Å². The Balaban J connectivity index is 1.76. The Bertz CT molecular complexity index is 868.